The molecule has 0 radical (unpaired) electrons. The van der Waals surface area contributed by atoms with Gasteiger partial charge in [-0.25, -0.2) is 0 Å². The van der Waals surface area contributed by atoms with Crippen LogP contribution in [-0.2, 0) is 0 Å². The van der Waals surface area contributed by atoms with Crippen LogP contribution >= 0.6 is 12.4 Å². The van der Waals surface area contributed by atoms with Gasteiger partial charge in [-0.1, -0.05) is 0 Å². The van der Waals surface area contributed by atoms with E-state index in [2.05, 4.69) is 18.9 Å². The molecule has 2 N–H and O–H groups in total. The molecular formula is C15H25ClN4O. The van der Waals surface area contributed by atoms with E-state index in [4.69, 9.17) is 5.73 Å². The van der Waals surface area contributed by atoms with Crippen molar-refractivity contribution in [3.05, 3.63) is 17.5 Å². The lowest BCUT2D eigenvalue weighted by atomic mass is 9.98. The third-order valence-corrected chi connectivity index (χ3v) is 4.96. The van der Waals surface area contributed by atoms with Crippen LogP contribution in [0.15, 0.2) is 6.20 Å². The number of carbonyl (C=O) groups excluding carboxylic acids is 1. The van der Waals surface area contributed by atoms with E-state index >= 15 is 0 Å². The summed E-state index contributed by atoms with van der Waals surface area (Å²) in [6.45, 7) is 7.81. The van der Waals surface area contributed by atoms with Gasteiger partial charge in [0.15, 0.2) is 0 Å². The van der Waals surface area contributed by atoms with E-state index in [0.29, 0.717) is 11.8 Å². The number of fused-ring (bicyclic) bond motifs is 1. The molecule has 3 atom stereocenters. The molecule has 3 unspecified atom stereocenters. The van der Waals surface area contributed by atoms with E-state index < -0.39 is 0 Å². The second kappa shape index (κ2) is 5.97. The number of halogens is 1. The molecule has 0 spiro atoms. The summed E-state index contributed by atoms with van der Waals surface area (Å²) in [4.78, 5) is 14.6. The number of hydrogen-bond acceptors (Lipinski definition) is 3. The molecule has 1 aromatic heterocycles. The number of likely N-dealkylation sites (tertiary alicyclic amines) is 1. The van der Waals surface area contributed by atoms with Crippen molar-refractivity contribution in [3.63, 3.8) is 0 Å². The van der Waals surface area contributed by atoms with Gasteiger partial charge in [0.1, 0.15) is 0 Å². The van der Waals surface area contributed by atoms with E-state index in [0.717, 1.165) is 30.8 Å². The molecule has 1 aliphatic carbocycles. The predicted molar refractivity (Wildman–Crippen MR) is 84.7 cm³/mol. The van der Waals surface area contributed by atoms with Crippen LogP contribution in [0.5, 0.6) is 0 Å². The minimum atomic E-state index is 0. The first-order valence-electron chi connectivity index (χ1n) is 7.58. The highest BCUT2D eigenvalue weighted by Crippen LogP contribution is 2.37. The van der Waals surface area contributed by atoms with Gasteiger partial charge in [0.25, 0.3) is 5.91 Å². The van der Waals surface area contributed by atoms with Crippen molar-refractivity contribution in [2.24, 2.45) is 17.6 Å². The molecule has 1 aromatic rings. The first-order chi connectivity index (χ1) is 9.49. The molecule has 118 valence electrons. The smallest absolute Gasteiger partial charge is 0.257 e. The minimum Gasteiger partial charge on any atom is -0.338 e. The molecule has 2 aliphatic rings. The van der Waals surface area contributed by atoms with Crippen molar-refractivity contribution >= 4 is 18.3 Å². The molecule has 2 heterocycles. The van der Waals surface area contributed by atoms with Crippen molar-refractivity contribution < 1.29 is 4.79 Å². The molecule has 5 nitrogen and oxygen atoms in total. The molecule has 6 heteroatoms. The monoisotopic (exact) mass is 312 g/mol. The Balaban J connectivity index is 0.00000161. The fraction of sp³-hybridized carbons (Fsp3) is 0.733. The van der Waals surface area contributed by atoms with Crippen LogP contribution in [0.3, 0.4) is 0 Å². The molecular weight excluding hydrogens is 288 g/mol. The van der Waals surface area contributed by atoms with E-state index in [1.807, 2.05) is 16.5 Å². The summed E-state index contributed by atoms with van der Waals surface area (Å²) in [5, 5.41) is 4.34. The van der Waals surface area contributed by atoms with Gasteiger partial charge in [-0.05, 0) is 45.4 Å². The largest absolute Gasteiger partial charge is 0.338 e. The Kier molecular flexibility index (Phi) is 4.63. The molecule has 1 aliphatic heterocycles. The number of amides is 1. The molecule has 0 aromatic carbocycles. The van der Waals surface area contributed by atoms with Crippen LogP contribution in [0.1, 0.15) is 48.8 Å². The maximum Gasteiger partial charge on any atom is 0.257 e. The number of carbonyl (C=O) groups is 1. The third-order valence-electron chi connectivity index (χ3n) is 4.96. The topological polar surface area (TPSA) is 64.2 Å². The SMILES string of the molecule is Cc1c(C(=O)N2CC3CCC(N)C3C2)cnn1C(C)C.Cl. The van der Waals surface area contributed by atoms with Crippen molar-refractivity contribution in [1.82, 2.24) is 14.7 Å². The summed E-state index contributed by atoms with van der Waals surface area (Å²) in [5.41, 5.74) is 7.85. The van der Waals surface area contributed by atoms with Crippen molar-refractivity contribution in [3.8, 4) is 0 Å². The molecule has 21 heavy (non-hydrogen) atoms. The lowest BCUT2D eigenvalue weighted by molar-refractivity contribution is 0.0778. The summed E-state index contributed by atoms with van der Waals surface area (Å²) in [6, 6.07) is 0.556. The van der Waals surface area contributed by atoms with Crippen LogP contribution in [-0.4, -0.2) is 39.7 Å². The zero-order valence-corrected chi connectivity index (χ0v) is 13.8. The van der Waals surface area contributed by atoms with Crippen LogP contribution in [0.25, 0.3) is 0 Å². The normalized spacial score (nSPS) is 27.9. The summed E-state index contributed by atoms with van der Waals surface area (Å²) in [7, 11) is 0. The second-order valence-corrected chi connectivity index (χ2v) is 6.56. The fourth-order valence-electron chi connectivity index (χ4n) is 3.80. The number of rotatable bonds is 2. The van der Waals surface area contributed by atoms with Crippen molar-refractivity contribution in [2.75, 3.05) is 13.1 Å². The average Bonchev–Trinajstić information content (AvgIpc) is 3.05. The zero-order chi connectivity index (χ0) is 14.4. The summed E-state index contributed by atoms with van der Waals surface area (Å²) in [5.74, 6) is 1.23. The predicted octanol–water partition coefficient (Wildman–Crippen LogP) is 2.00. The average molecular weight is 313 g/mol. The number of aromatic nitrogens is 2. The summed E-state index contributed by atoms with van der Waals surface area (Å²) < 4.78 is 1.91. The van der Waals surface area contributed by atoms with Crippen LogP contribution < -0.4 is 5.73 Å². The van der Waals surface area contributed by atoms with E-state index in [9.17, 15) is 4.79 Å². The van der Waals surface area contributed by atoms with Gasteiger partial charge in [0, 0.05) is 30.9 Å². The maximum absolute atomic E-state index is 12.7. The quantitative estimate of drug-likeness (QED) is 0.908. The van der Waals surface area contributed by atoms with Crippen LogP contribution in [0.2, 0.25) is 0 Å². The van der Waals surface area contributed by atoms with Gasteiger partial charge < -0.3 is 10.6 Å². The first kappa shape index (κ1) is 16.3. The Morgan fingerprint density at radius 2 is 2.10 bits per heavy atom. The zero-order valence-electron chi connectivity index (χ0n) is 13.0. The Morgan fingerprint density at radius 1 is 1.38 bits per heavy atom. The number of nitrogens with zero attached hydrogens (tertiary/aromatic N) is 3. The second-order valence-electron chi connectivity index (χ2n) is 6.56. The fourth-order valence-corrected chi connectivity index (χ4v) is 3.80. The standard InChI is InChI=1S/C15H24N4O.ClH/c1-9(2)19-10(3)12(6-17-19)15(20)18-7-11-4-5-14(16)13(11)8-18;/h6,9,11,13-14H,4-5,7-8,16H2,1-3H3;1H. The Labute approximate surface area is 132 Å². The lowest BCUT2D eigenvalue weighted by Crippen LogP contribution is -2.33. The molecule has 3 rings (SSSR count). The van der Waals surface area contributed by atoms with Gasteiger partial charge in [0.2, 0.25) is 0 Å². The van der Waals surface area contributed by atoms with Crippen molar-refractivity contribution in [2.45, 2.75) is 45.7 Å². The third kappa shape index (κ3) is 2.69. The molecule has 1 saturated heterocycles. The molecule has 0 bridgehead atoms. The van der Waals surface area contributed by atoms with Gasteiger partial charge >= 0.3 is 0 Å². The van der Waals surface area contributed by atoms with Gasteiger partial charge in [0.05, 0.1) is 11.8 Å². The molecule has 2 fully saturated rings. The van der Waals surface area contributed by atoms with Crippen LogP contribution in [0, 0.1) is 18.8 Å². The van der Waals surface area contributed by atoms with E-state index in [1.165, 1.54) is 6.42 Å². The Hall–Kier alpha value is -1.07. The highest BCUT2D eigenvalue weighted by molar-refractivity contribution is 5.95. The van der Waals surface area contributed by atoms with E-state index in [1.54, 1.807) is 6.20 Å². The summed E-state index contributed by atoms with van der Waals surface area (Å²) in [6.07, 6.45) is 3.99. The van der Waals surface area contributed by atoms with Gasteiger partial charge in [-0.2, -0.15) is 5.10 Å². The highest BCUT2D eigenvalue weighted by atomic mass is 35.5. The first-order valence-corrected chi connectivity index (χ1v) is 7.58. The Morgan fingerprint density at radius 3 is 2.67 bits per heavy atom. The lowest BCUT2D eigenvalue weighted by Gasteiger charge is -2.18. The van der Waals surface area contributed by atoms with Gasteiger partial charge in [-0.3, -0.25) is 9.48 Å². The van der Waals surface area contributed by atoms with Crippen LogP contribution in [0.4, 0.5) is 0 Å². The van der Waals surface area contributed by atoms with E-state index in [-0.39, 0.29) is 30.4 Å². The minimum absolute atomic E-state index is 0. The molecule has 1 saturated carbocycles. The number of hydrogen-bond donors (Lipinski definition) is 1. The van der Waals surface area contributed by atoms with Crippen molar-refractivity contribution in [1.29, 1.82) is 0 Å². The number of nitrogens with two attached hydrogens (primary N) is 1. The maximum atomic E-state index is 12.7. The van der Waals surface area contributed by atoms with Gasteiger partial charge in [-0.15, -0.1) is 12.4 Å². The molecule has 1 amide bonds. The Bertz CT molecular complexity index is 528. The highest BCUT2D eigenvalue weighted by Gasteiger charge is 2.42. The summed E-state index contributed by atoms with van der Waals surface area (Å²) >= 11 is 0.